The Balaban J connectivity index is 2.25. The molecule has 2 N–H and O–H groups in total. The van der Waals surface area contributed by atoms with Crippen molar-refractivity contribution in [3.63, 3.8) is 0 Å². The van der Waals surface area contributed by atoms with E-state index in [4.69, 9.17) is 28.3 Å². The van der Waals surface area contributed by atoms with Crippen LogP contribution in [0.15, 0.2) is 36.4 Å². The van der Waals surface area contributed by atoms with Gasteiger partial charge in [-0.25, -0.2) is 13.2 Å². The number of aliphatic hydroxyl groups excluding tert-OH is 1. The third-order valence-electron chi connectivity index (χ3n) is 3.45. The lowest BCUT2D eigenvalue weighted by molar-refractivity contribution is -0.0187. The molecule has 2 rings (SSSR count). The number of aliphatic hydroxyl groups is 1. The topological polar surface area (TPSA) is 49.3 Å². The van der Waals surface area contributed by atoms with Crippen LogP contribution in [0, 0.1) is 5.82 Å². The molecule has 0 atom stereocenters. The Morgan fingerprint density at radius 2 is 1.84 bits per heavy atom. The monoisotopic (exact) mass is 391 g/mol. The summed E-state index contributed by atoms with van der Waals surface area (Å²) < 4.78 is 41.5. The molecule has 1 amide bonds. The lowest BCUT2D eigenvalue weighted by Gasteiger charge is -2.18. The first-order valence-corrected chi connectivity index (χ1v) is 8.05. The largest absolute Gasteiger partial charge is 0.396 e. The molecule has 0 fully saturated rings. The third-order valence-corrected chi connectivity index (χ3v) is 4.07. The highest BCUT2D eigenvalue weighted by atomic mass is 35.5. The van der Waals surface area contributed by atoms with Gasteiger partial charge in [0.2, 0.25) is 0 Å². The molecule has 0 radical (unpaired) electrons. The van der Waals surface area contributed by atoms with Crippen LogP contribution >= 0.6 is 23.2 Å². The second-order valence-corrected chi connectivity index (χ2v) is 6.12. The van der Waals surface area contributed by atoms with E-state index in [1.54, 1.807) is 0 Å². The van der Waals surface area contributed by atoms with Crippen molar-refractivity contribution in [2.45, 2.75) is 18.8 Å². The standard InChI is InChI=1S/C17H14Cl2F3NO2/c18-13-4-2-10(8-12(13)17(21,22)6-1-7-24)16(25)23-11-3-5-15(20)14(19)9-11/h2-5,8-9,24H,1,6-7H2,(H,23,25). The minimum Gasteiger partial charge on any atom is -0.396 e. The molecule has 0 unspecified atom stereocenters. The van der Waals surface area contributed by atoms with Crippen molar-refractivity contribution in [3.8, 4) is 0 Å². The number of anilines is 1. The van der Waals surface area contributed by atoms with Crippen LogP contribution in [0.2, 0.25) is 10.0 Å². The summed E-state index contributed by atoms with van der Waals surface area (Å²) in [6.45, 7) is -0.376. The maximum Gasteiger partial charge on any atom is 0.274 e. The lowest BCUT2D eigenvalue weighted by atomic mass is 10.0. The average molecular weight is 392 g/mol. The van der Waals surface area contributed by atoms with Gasteiger partial charge < -0.3 is 10.4 Å². The van der Waals surface area contributed by atoms with Crippen LogP contribution in [0.25, 0.3) is 0 Å². The highest BCUT2D eigenvalue weighted by Crippen LogP contribution is 2.37. The summed E-state index contributed by atoms with van der Waals surface area (Å²) in [6, 6.07) is 7.09. The van der Waals surface area contributed by atoms with Crippen molar-refractivity contribution in [1.29, 1.82) is 0 Å². The zero-order chi connectivity index (χ0) is 18.6. The highest BCUT2D eigenvalue weighted by molar-refractivity contribution is 6.31. The minimum atomic E-state index is -3.28. The van der Waals surface area contributed by atoms with Gasteiger partial charge in [0.05, 0.1) is 5.02 Å². The van der Waals surface area contributed by atoms with E-state index in [0.717, 1.165) is 12.1 Å². The molecule has 0 aliphatic carbocycles. The number of hydrogen-bond donors (Lipinski definition) is 2. The molecule has 0 saturated heterocycles. The van der Waals surface area contributed by atoms with E-state index in [1.165, 1.54) is 24.3 Å². The molecule has 25 heavy (non-hydrogen) atoms. The number of carbonyl (C=O) groups is 1. The van der Waals surface area contributed by atoms with Gasteiger partial charge in [-0.1, -0.05) is 23.2 Å². The summed E-state index contributed by atoms with van der Waals surface area (Å²) in [5, 5.41) is 10.8. The van der Waals surface area contributed by atoms with Crippen LogP contribution in [-0.4, -0.2) is 17.6 Å². The summed E-state index contributed by atoms with van der Waals surface area (Å²) in [5.74, 6) is -4.59. The van der Waals surface area contributed by atoms with E-state index in [-0.39, 0.29) is 34.3 Å². The van der Waals surface area contributed by atoms with Crippen molar-refractivity contribution in [3.05, 3.63) is 63.4 Å². The van der Waals surface area contributed by atoms with Crippen LogP contribution in [-0.2, 0) is 5.92 Å². The van der Waals surface area contributed by atoms with Crippen LogP contribution in [0.3, 0.4) is 0 Å². The Morgan fingerprint density at radius 1 is 1.12 bits per heavy atom. The maximum atomic E-state index is 14.2. The number of halogens is 5. The SMILES string of the molecule is O=C(Nc1ccc(F)c(Cl)c1)c1ccc(Cl)c(C(F)(F)CCCO)c1. The molecule has 0 aliphatic rings. The molecule has 134 valence electrons. The summed E-state index contributed by atoms with van der Waals surface area (Å²) in [7, 11) is 0. The third kappa shape index (κ3) is 4.87. The van der Waals surface area contributed by atoms with Gasteiger partial charge in [0.25, 0.3) is 11.8 Å². The smallest absolute Gasteiger partial charge is 0.274 e. The molecule has 0 bridgehead atoms. The van der Waals surface area contributed by atoms with Gasteiger partial charge in [-0.15, -0.1) is 0 Å². The van der Waals surface area contributed by atoms with Gasteiger partial charge in [-0.2, -0.15) is 0 Å². The van der Waals surface area contributed by atoms with Gasteiger partial charge in [0.1, 0.15) is 5.82 Å². The van der Waals surface area contributed by atoms with Gasteiger partial charge in [-0.3, -0.25) is 4.79 Å². The van der Waals surface area contributed by atoms with Gasteiger partial charge in [-0.05, 0) is 42.8 Å². The number of nitrogens with one attached hydrogen (secondary N) is 1. The van der Waals surface area contributed by atoms with E-state index >= 15 is 0 Å². The fraction of sp³-hybridized carbons (Fsp3) is 0.235. The van der Waals surface area contributed by atoms with Crippen molar-refractivity contribution in [2.24, 2.45) is 0 Å². The van der Waals surface area contributed by atoms with Crippen LogP contribution in [0.4, 0.5) is 18.9 Å². The molecule has 0 spiro atoms. The zero-order valence-corrected chi connectivity index (χ0v) is 14.3. The molecule has 0 saturated carbocycles. The van der Waals surface area contributed by atoms with E-state index in [0.29, 0.717) is 0 Å². The number of amides is 1. The molecule has 8 heteroatoms. The fourth-order valence-electron chi connectivity index (χ4n) is 2.16. The van der Waals surface area contributed by atoms with E-state index < -0.39 is 29.6 Å². The summed E-state index contributed by atoms with van der Waals surface area (Å²) >= 11 is 11.5. The normalized spacial score (nSPS) is 11.4. The Labute approximate surface area is 152 Å². The Morgan fingerprint density at radius 3 is 2.48 bits per heavy atom. The van der Waals surface area contributed by atoms with Crippen molar-refractivity contribution >= 4 is 34.8 Å². The number of carbonyl (C=O) groups excluding carboxylic acids is 1. The zero-order valence-electron chi connectivity index (χ0n) is 12.8. The van der Waals surface area contributed by atoms with Crippen LogP contribution in [0.1, 0.15) is 28.8 Å². The van der Waals surface area contributed by atoms with Crippen molar-refractivity contribution in [2.75, 3.05) is 11.9 Å². The molecule has 0 heterocycles. The van der Waals surface area contributed by atoms with Crippen LogP contribution in [0.5, 0.6) is 0 Å². The summed E-state index contributed by atoms with van der Waals surface area (Å²) in [4.78, 5) is 12.2. The van der Waals surface area contributed by atoms with Crippen LogP contribution < -0.4 is 5.32 Å². The maximum absolute atomic E-state index is 14.2. The Kier molecular flexibility index (Phi) is 6.32. The second-order valence-electron chi connectivity index (χ2n) is 5.31. The fourth-order valence-corrected chi connectivity index (χ4v) is 2.60. The molecule has 2 aromatic rings. The number of hydrogen-bond acceptors (Lipinski definition) is 2. The quantitative estimate of drug-likeness (QED) is 0.706. The van der Waals surface area contributed by atoms with E-state index in [9.17, 15) is 18.0 Å². The molecular weight excluding hydrogens is 378 g/mol. The second kappa shape index (κ2) is 8.08. The average Bonchev–Trinajstić information content (AvgIpc) is 2.56. The molecule has 3 nitrogen and oxygen atoms in total. The number of benzene rings is 2. The summed E-state index contributed by atoms with van der Waals surface area (Å²) in [6.07, 6.45) is -0.699. The Hall–Kier alpha value is -1.76. The molecule has 2 aromatic carbocycles. The first kappa shape index (κ1) is 19.6. The molecular formula is C17H14Cl2F3NO2. The van der Waals surface area contributed by atoms with Crippen molar-refractivity contribution < 1.29 is 23.1 Å². The lowest BCUT2D eigenvalue weighted by Crippen LogP contribution is -2.17. The first-order valence-electron chi connectivity index (χ1n) is 7.29. The molecule has 0 aromatic heterocycles. The predicted octanol–water partition coefficient (Wildman–Crippen LogP) is 5.25. The number of alkyl halides is 2. The van der Waals surface area contributed by atoms with Gasteiger partial charge >= 0.3 is 0 Å². The number of rotatable bonds is 6. The minimum absolute atomic E-state index is 0.0384. The van der Waals surface area contributed by atoms with Crippen molar-refractivity contribution in [1.82, 2.24) is 0 Å². The Bertz CT molecular complexity index is 784. The van der Waals surface area contributed by atoms with E-state index in [2.05, 4.69) is 5.32 Å². The van der Waals surface area contributed by atoms with Gasteiger partial charge in [0.15, 0.2) is 0 Å². The first-order chi connectivity index (χ1) is 11.7. The van der Waals surface area contributed by atoms with Gasteiger partial charge in [0, 0.05) is 34.9 Å². The molecule has 0 aliphatic heterocycles. The summed E-state index contributed by atoms with van der Waals surface area (Å²) in [5.41, 5.74) is -0.309. The van der Waals surface area contributed by atoms with E-state index in [1.807, 2.05) is 0 Å². The highest BCUT2D eigenvalue weighted by Gasteiger charge is 2.33. The predicted molar refractivity (Wildman–Crippen MR) is 91.0 cm³/mol.